The third kappa shape index (κ3) is 4.97. The Kier molecular flexibility index (Phi) is 7.16. The average Bonchev–Trinajstić information content (AvgIpc) is 2.54. The van der Waals surface area contributed by atoms with Crippen LogP contribution < -0.4 is 5.32 Å². The lowest BCUT2D eigenvalue weighted by molar-refractivity contribution is 0.124. The van der Waals surface area contributed by atoms with Crippen molar-refractivity contribution < 1.29 is 5.11 Å². The van der Waals surface area contributed by atoms with Gasteiger partial charge in [0.1, 0.15) is 5.75 Å². The molecule has 2 N–H and O–H groups in total. The first-order valence-electron chi connectivity index (χ1n) is 8.70. The smallest absolute Gasteiger partial charge is 0.115 e. The Morgan fingerprint density at radius 1 is 1.18 bits per heavy atom. The van der Waals surface area contributed by atoms with Gasteiger partial charge in [0.05, 0.1) is 0 Å². The van der Waals surface area contributed by atoms with Crippen LogP contribution in [-0.2, 0) is 0 Å². The zero-order valence-electron chi connectivity index (χ0n) is 14.1. The van der Waals surface area contributed by atoms with Crippen LogP contribution in [0.4, 0.5) is 0 Å². The molecule has 0 spiro atoms. The fourth-order valence-corrected chi connectivity index (χ4v) is 3.33. The molecule has 1 aromatic carbocycles. The molecule has 0 saturated carbocycles. The maximum Gasteiger partial charge on any atom is 0.115 e. The van der Waals surface area contributed by atoms with E-state index in [-0.39, 0.29) is 0 Å². The zero-order chi connectivity index (χ0) is 15.8. The highest BCUT2D eigenvalue weighted by Crippen LogP contribution is 2.25. The van der Waals surface area contributed by atoms with E-state index in [4.69, 9.17) is 0 Å². The fourth-order valence-electron chi connectivity index (χ4n) is 3.33. The molecule has 0 aliphatic carbocycles. The van der Waals surface area contributed by atoms with Crippen LogP contribution in [0.2, 0.25) is 0 Å². The van der Waals surface area contributed by atoms with Crippen molar-refractivity contribution in [2.45, 2.75) is 32.7 Å². The fraction of sp³-hybridized carbons (Fsp3) is 0.667. The summed E-state index contributed by atoms with van der Waals surface area (Å²) in [5.74, 6) is 0.371. The van der Waals surface area contributed by atoms with E-state index in [1.54, 1.807) is 6.07 Å². The number of piperazine rings is 1. The van der Waals surface area contributed by atoms with Crippen LogP contribution in [0, 0.1) is 0 Å². The van der Waals surface area contributed by atoms with Gasteiger partial charge < -0.3 is 15.3 Å². The third-order valence-electron chi connectivity index (χ3n) is 4.36. The van der Waals surface area contributed by atoms with Gasteiger partial charge in [-0.2, -0.15) is 0 Å². The quantitative estimate of drug-likeness (QED) is 0.774. The summed E-state index contributed by atoms with van der Waals surface area (Å²) in [7, 11) is 0. The van der Waals surface area contributed by atoms with Gasteiger partial charge >= 0.3 is 0 Å². The normalized spacial score (nSPS) is 17.8. The molecule has 124 valence electrons. The third-order valence-corrected chi connectivity index (χ3v) is 4.36. The molecule has 0 bridgehead atoms. The number of hydrogen-bond donors (Lipinski definition) is 2. The lowest BCUT2D eigenvalue weighted by Crippen LogP contribution is -2.48. The van der Waals surface area contributed by atoms with Crippen LogP contribution in [0.5, 0.6) is 5.75 Å². The molecule has 1 aromatic rings. The van der Waals surface area contributed by atoms with Crippen molar-refractivity contribution in [1.29, 1.82) is 0 Å². The Morgan fingerprint density at radius 2 is 1.86 bits per heavy atom. The molecule has 0 amide bonds. The molecular weight excluding hydrogens is 274 g/mol. The average molecular weight is 305 g/mol. The second-order valence-electron chi connectivity index (χ2n) is 6.20. The number of phenols is 1. The minimum atomic E-state index is 0.368. The highest BCUT2D eigenvalue weighted by molar-refractivity contribution is 5.29. The Morgan fingerprint density at radius 3 is 2.45 bits per heavy atom. The van der Waals surface area contributed by atoms with Gasteiger partial charge in [0.25, 0.3) is 0 Å². The molecule has 0 aromatic heterocycles. The maximum atomic E-state index is 9.86. The Hall–Kier alpha value is -1.10. The van der Waals surface area contributed by atoms with Crippen molar-refractivity contribution in [3.05, 3.63) is 29.8 Å². The topological polar surface area (TPSA) is 38.7 Å². The minimum absolute atomic E-state index is 0.368. The van der Waals surface area contributed by atoms with E-state index in [2.05, 4.69) is 35.0 Å². The molecule has 1 unspecified atom stereocenters. The first kappa shape index (κ1) is 17.3. The molecule has 22 heavy (non-hydrogen) atoms. The number of hydrogen-bond acceptors (Lipinski definition) is 4. The van der Waals surface area contributed by atoms with Gasteiger partial charge in [0.2, 0.25) is 0 Å². The van der Waals surface area contributed by atoms with Gasteiger partial charge in [-0.05, 0) is 43.6 Å². The molecule has 4 heteroatoms. The summed E-state index contributed by atoms with van der Waals surface area (Å²) in [5, 5.41) is 13.3. The van der Waals surface area contributed by atoms with Crippen LogP contribution in [0.25, 0.3) is 0 Å². The van der Waals surface area contributed by atoms with Crippen LogP contribution in [0.1, 0.15) is 38.3 Å². The van der Waals surface area contributed by atoms with E-state index in [0.717, 1.165) is 45.8 Å². The van der Waals surface area contributed by atoms with Gasteiger partial charge in [0, 0.05) is 38.8 Å². The monoisotopic (exact) mass is 305 g/mol. The van der Waals surface area contributed by atoms with Crippen LogP contribution in [-0.4, -0.2) is 60.7 Å². The Bertz CT molecular complexity index is 426. The van der Waals surface area contributed by atoms with Crippen LogP contribution in [0.3, 0.4) is 0 Å². The van der Waals surface area contributed by atoms with Crippen molar-refractivity contribution in [3.8, 4) is 5.75 Å². The maximum absolute atomic E-state index is 9.86. The van der Waals surface area contributed by atoms with Crippen molar-refractivity contribution in [2.75, 3.05) is 45.8 Å². The first-order valence-corrected chi connectivity index (χ1v) is 8.70. The Labute approximate surface area is 135 Å². The van der Waals surface area contributed by atoms with E-state index in [9.17, 15) is 5.11 Å². The number of phenolic OH excluding ortho intramolecular Hbond substituents is 1. The zero-order valence-corrected chi connectivity index (χ0v) is 14.1. The largest absolute Gasteiger partial charge is 0.508 e. The van der Waals surface area contributed by atoms with E-state index in [1.807, 2.05) is 12.1 Å². The molecular formula is C18H31N3O. The predicted octanol–water partition coefficient (Wildman–Crippen LogP) is 2.46. The summed E-state index contributed by atoms with van der Waals surface area (Å²) in [5.41, 5.74) is 1.24. The number of benzene rings is 1. The minimum Gasteiger partial charge on any atom is -0.508 e. The number of nitrogens with one attached hydrogen (secondary N) is 1. The molecule has 1 aliphatic heterocycles. The second kappa shape index (κ2) is 9.13. The number of rotatable bonds is 8. The van der Waals surface area contributed by atoms with Crippen molar-refractivity contribution >= 4 is 0 Å². The van der Waals surface area contributed by atoms with Gasteiger partial charge in [-0.1, -0.05) is 26.0 Å². The highest BCUT2D eigenvalue weighted by atomic mass is 16.3. The molecule has 1 saturated heterocycles. The van der Waals surface area contributed by atoms with Gasteiger partial charge in [-0.25, -0.2) is 0 Å². The van der Waals surface area contributed by atoms with Gasteiger partial charge in [-0.3, -0.25) is 4.90 Å². The summed E-state index contributed by atoms with van der Waals surface area (Å²) in [6.07, 6.45) is 2.38. The SMILES string of the molecule is CCCN(CCC)CC(c1cccc(O)c1)N1CCNCC1. The summed E-state index contributed by atoms with van der Waals surface area (Å²) < 4.78 is 0. The first-order chi connectivity index (χ1) is 10.7. The predicted molar refractivity (Wildman–Crippen MR) is 92.3 cm³/mol. The Balaban J connectivity index is 2.16. The highest BCUT2D eigenvalue weighted by Gasteiger charge is 2.24. The lowest BCUT2D eigenvalue weighted by atomic mass is 10.0. The van der Waals surface area contributed by atoms with Crippen molar-refractivity contribution in [1.82, 2.24) is 15.1 Å². The summed E-state index contributed by atoms with van der Waals surface area (Å²) in [6.45, 7) is 12.1. The molecule has 2 rings (SSSR count). The van der Waals surface area contributed by atoms with E-state index >= 15 is 0 Å². The van der Waals surface area contributed by atoms with E-state index in [1.165, 1.54) is 18.4 Å². The van der Waals surface area contributed by atoms with Gasteiger partial charge in [0.15, 0.2) is 0 Å². The van der Waals surface area contributed by atoms with E-state index < -0.39 is 0 Å². The molecule has 4 nitrogen and oxygen atoms in total. The van der Waals surface area contributed by atoms with Gasteiger partial charge in [-0.15, -0.1) is 0 Å². The molecule has 1 heterocycles. The standard InChI is InChI=1S/C18H31N3O/c1-3-10-20(11-4-2)15-18(21-12-8-19-9-13-21)16-6-5-7-17(22)14-16/h5-7,14,18-19,22H,3-4,8-13,15H2,1-2H3. The molecule has 1 aliphatic rings. The van der Waals surface area contributed by atoms with Crippen molar-refractivity contribution in [2.24, 2.45) is 0 Å². The molecule has 1 atom stereocenters. The summed E-state index contributed by atoms with van der Waals surface area (Å²) in [4.78, 5) is 5.13. The van der Waals surface area contributed by atoms with Crippen LogP contribution in [0.15, 0.2) is 24.3 Å². The number of nitrogens with zero attached hydrogens (tertiary/aromatic N) is 2. The number of aromatic hydroxyl groups is 1. The second-order valence-corrected chi connectivity index (χ2v) is 6.20. The van der Waals surface area contributed by atoms with Crippen molar-refractivity contribution in [3.63, 3.8) is 0 Å². The lowest BCUT2D eigenvalue weighted by Gasteiger charge is -2.38. The molecule has 1 fully saturated rings. The summed E-state index contributed by atoms with van der Waals surface area (Å²) >= 11 is 0. The van der Waals surface area contributed by atoms with Crippen LogP contribution >= 0.6 is 0 Å². The summed E-state index contributed by atoms with van der Waals surface area (Å²) in [6, 6.07) is 8.18. The molecule has 0 radical (unpaired) electrons. The van der Waals surface area contributed by atoms with E-state index in [0.29, 0.717) is 11.8 Å².